The normalized spacial score (nSPS) is 19.3. The molecule has 2 aliphatic heterocycles. The fraction of sp³-hybridized carbons (Fsp3) is 0.160. The largest absolute Gasteiger partial charge is 0.489 e. The highest BCUT2D eigenvalue weighted by Gasteiger charge is 2.49. The van der Waals surface area contributed by atoms with E-state index in [4.69, 9.17) is 4.74 Å². The molecule has 5 rings (SSSR count). The monoisotopic (exact) mass is 444 g/mol. The van der Waals surface area contributed by atoms with E-state index >= 15 is 0 Å². The summed E-state index contributed by atoms with van der Waals surface area (Å²) >= 11 is 0. The van der Waals surface area contributed by atoms with Gasteiger partial charge in [0.15, 0.2) is 5.54 Å². The number of carbonyl (C=O) groups is 2. The van der Waals surface area contributed by atoms with Crippen LogP contribution in [0.2, 0.25) is 0 Å². The van der Waals surface area contributed by atoms with Crippen molar-refractivity contribution in [1.82, 2.24) is 20.5 Å². The van der Waals surface area contributed by atoms with Gasteiger partial charge in [0.25, 0.3) is 5.91 Å². The molecular weight excluding hydrogens is 423 g/mol. The van der Waals surface area contributed by atoms with E-state index in [1.54, 1.807) is 12.4 Å². The molecule has 1 saturated heterocycles. The number of pyridine rings is 1. The summed E-state index contributed by atoms with van der Waals surface area (Å²) in [6.45, 7) is 5.24. The van der Waals surface area contributed by atoms with E-state index in [1.807, 2.05) is 35.2 Å². The fourth-order valence-electron chi connectivity index (χ4n) is 4.26. The summed E-state index contributed by atoms with van der Waals surface area (Å²) in [7, 11) is 0. The molecule has 0 spiro atoms. The molecule has 0 aliphatic carbocycles. The lowest BCUT2D eigenvalue weighted by Crippen LogP contribution is -2.51. The molecule has 3 heterocycles. The summed E-state index contributed by atoms with van der Waals surface area (Å²) in [6, 6.07) is 14.6. The smallest absolute Gasteiger partial charge is 0.322 e. The second-order valence-electron chi connectivity index (χ2n) is 8.09. The van der Waals surface area contributed by atoms with Gasteiger partial charge in [-0.1, -0.05) is 24.8 Å². The van der Waals surface area contributed by atoms with Gasteiger partial charge in [0.05, 0.1) is 6.54 Å². The third kappa shape index (κ3) is 3.80. The Balaban J connectivity index is 1.37. The molecule has 1 aromatic heterocycles. The first-order chi connectivity index (χ1) is 15.9. The van der Waals surface area contributed by atoms with E-state index in [0.29, 0.717) is 24.5 Å². The molecule has 1 atom stereocenters. The molecule has 0 unspecified atom stereocenters. The number of ether oxygens (including phenoxy) is 1. The molecule has 1 fully saturated rings. The molecule has 3 amide bonds. The van der Waals surface area contributed by atoms with Gasteiger partial charge < -0.3 is 15.0 Å². The number of aromatic nitrogens is 1. The minimum atomic E-state index is -1.35. The fourth-order valence-corrected chi connectivity index (χ4v) is 4.26. The van der Waals surface area contributed by atoms with E-state index in [2.05, 4.69) is 22.2 Å². The van der Waals surface area contributed by atoms with Crippen molar-refractivity contribution in [2.45, 2.75) is 18.7 Å². The van der Waals surface area contributed by atoms with Gasteiger partial charge in [0.2, 0.25) is 0 Å². The highest BCUT2D eigenvalue weighted by Crippen LogP contribution is 2.37. The summed E-state index contributed by atoms with van der Waals surface area (Å²) in [4.78, 5) is 30.9. The molecule has 8 heteroatoms. The van der Waals surface area contributed by atoms with E-state index in [1.165, 1.54) is 24.3 Å². The van der Waals surface area contributed by atoms with E-state index in [-0.39, 0.29) is 6.54 Å². The third-order valence-electron chi connectivity index (χ3n) is 5.97. The predicted octanol–water partition coefficient (Wildman–Crippen LogP) is 3.32. The van der Waals surface area contributed by atoms with Crippen LogP contribution in [0.3, 0.4) is 0 Å². The van der Waals surface area contributed by atoms with Crippen LogP contribution in [-0.2, 0) is 23.5 Å². The van der Waals surface area contributed by atoms with Crippen LogP contribution in [-0.4, -0.2) is 28.4 Å². The van der Waals surface area contributed by atoms with Crippen molar-refractivity contribution in [1.29, 1.82) is 0 Å². The summed E-state index contributed by atoms with van der Waals surface area (Å²) < 4.78 is 19.4. The van der Waals surface area contributed by atoms with Crippen molar-refractivity contribution >= 4 is 17.6 Å². The molecule has 33 heavy (non-hydrogen) atoms. The molecule has 0 bridgehead atoms. The lowest BCUT2D eigenvalue weighted by molar-refractivity contribution is -0.124. The van der Waals surface area contributed by atoms with Gasteiger partial charge in [-0.3, -0.25) is 15.1 Å². The Morgan fingerprint density at radius 1 is 1.15 bits per heavy atom. The van der Waals surface area contributed by atoms with Gasteiger partial charge in [-0.25, -0.2) is 9.18 Å². The topological polar surface area (TPSA) is 83.6 Å². The zero-order valence-electron chi connectivity index (χ0n) is 17.7. The second-order valence-corrected chi connectivity index (χ2v) is 8.09. The lowest BCUT2D eigenvalue weighted by atomic mass is 9.89. The van der Waals surface area contributed by atoms with Gasteiger partial charge in [0, 0.05) is 35.8 Å². The quantitative estimate of drug-likeness (QED) is 0.570. The first-order valence-corrected chi connectivity index (χ1v) is 10.4. The maximum atomic E-state index is 13.5. The van der Waals surface area contributed by atoms with Gasteiger partial charge >= 0.3 is 6.03 Å². The van der Waals surface area contributed by atoms with E-state index < -0.39 is 23.3 Å². The molecular formula is C25H21FN4O3. The summed E-state index contributed by atoms with van der Waals surface area (Å²) in [6.07, 6.45) is 3.47. The highest BCUT2D eigenvalue weighted by molar-refractivity contribution is 6.07. The maximum absolute atomic E-state index is 13.5. The average Bonchev–Trinajstić information content (AvgIpc) is 3.28. The van der Waals surface area contributed by atoms with Crippen LogP contribution in [0.1, 0.15) is 22.3 Å². The van der Waals surface area contributed by atoms with Crippen LogP contribution in [0.15, 0.2) is 73.6 Å². The van der Waals surface area contributed by atoms with Crippen LogP contribution in [0.4, 0.5) is 9.18 Å². The van der Waals surface area contributed by atoms with Crippen molar-refractivity contribution in [2.24, 2.45) is 0 Å². The Kier molecular flexibility index (Phi) is 5.05. The molecule has 166 valence electrons. The van der Waals surface area contributed by atoms with Crippen molar-refractivity contribution in [3.05, 3.63) is 102 Å². The van der Waals surface area contributed by atoms with Gasteiger partial charge in [-0.15, -0.1) is 0 Å². The molecule has 0 saturated carbocycles. The Morgan fingerprint density at radius 2 is 1.97 bits per heavy atom. The van der Waals surface area contributed by atoms with Crippen LogP contribution < -0.4 is 15.4 Å². The molecule has 2 aromatic carbocycles. The van der Waals surface area contributed by atoms with Crippen molar-refractivity contribution < 1.29 is 18.7 Å². The first kappa shape index (κ1) is 20.7. The maximum Gasteiger partial charge on any atom is 0.322 e. The van der Waals surface area contributed by atoms with Gasteiger partial charge in [-0.05, 0) is 47.5 Å². The Bertz CT molecular complexity index is 1250. The predicted molar refractivity (Wildman–Crippen MR) is 119 cm³/mol. The standard InChI is InChI=1S/C25H21FN4O3/c1-16-22-9-8-21(33-14-17-3-2-10-27-12-17)11-18(22)13-30(16)15-25(23(31)28-24(32)29-25)19-4-6-20(26)7-5-19/h2-12H,1,13-15H2,(H2,28,29,31,32)/t25-/m0/s1. The Hall–Kier alpha value is -4.20. The van der Waals surface area contributed by atoms with Gasteiger partial charge in [0.1, 0.15) is 18.2 Å². The number of imide groups is 1. The van der Waals surface area contributed by atoms with Gasteiger partial charge in [-0.2, -0.15) is 0 Å². The zero-order chi connectivity index (χ0) is 23.0. The number of amides is 3. The van der Waals surface area contributed by atoms with Crippen LogP contribution in [0, 0.1) is 5.82 Å². The number of urea groups is 1. The summed E-state index contributed by atoms with van der Waals surface area (Å²) in [5.74, 6) is -0.189. The van der Waals surface area contributed by atoms with Crippen molar-refractivity contribution in [3.8, 4) is 5.75 Å². The minimum absolute atomic E-state index is 0.148. The summed E-state index contributed by atoms with van der Waals surface area (Å²) in [5, 5.41) is 5.05. The number of hydrogen-bond acceptors (Lipinski definition) is 5. The van der Waals surface area contributed by atoms with E-state index in [0.717, 1.165) is 22.4 Å². The minimum Gasteiger partial charge on any atom is -0.489 e. The number of rotatable bonds is 6. The van der Waals surface area contributed by atoms with Crippen molar-refractivity contribution in [3.63, 3.8) is 0 Å². The van der Waals surface area contributed by atoms with Crippen LogP contribution in [0.25, 0.3) is 5.70 Å². The number of nitrogens with one attached hydrogen (secondary N) is 2. The first-order valence-electron chi connectivity index (χ1n) is 10.4. The summed E-state index contributed by atoms with van der Waals surface area (Å²) in [5.41, 5.74) is 2.80. The second kappa shape index (κ2) is 8.05. The third-order valence-corrected chi connectivity index (χ3v) is 5.97. The average molecular weight is 444 g/mol. The SMILES string of the molecule is C=C1c2ccc(OCc3cccnc3)cc2CN1C[C@@]1(c2ccc(F)cc2)NC(=O)NC1=O. The number of halogens is 1. The Morgan fingerprint density at radius 3 is 2.67 bits per heavy atom. The molecule has 2 aliphatic rings. The van der Waals surface area contributed by atoms with Crippen LogP contribution >= 0.6 is 0 Å². The number of nitrogens with zero attached hydrogens (tertiary/aromatic N) is 2. The zero-order valence-corrected chi connectivity index (χ0v) is 17.7. The number of fused-ring (bicyclic) bond motifs is 1. The lowest BCUT2D eigenvalue weighted by Gasteiger charge is -2.32. The number of hydrogen-bond donors (Lipinski definition) is 2. The Labute approximate surface area is 189 Å². The van der Waals surface area contributed by atoms with Crippen molar-refractivity contribution in [2.75, 3.05) is 6.54 Å². The number of benzene rings is 2. The molecule has 2 N–H and O–H groups in total. The highest BCUT2D eigenvalue weighted by atomic mass is 19.1. The molecule has 0 radical (unpaired) electrons. The number of carbonyl (C=O) groups excluding carboxylic acids is 2. The molecule has 7 nitrogen and oxygen atoms in total. The van der Waals surface area contributed by atoms with E-state index in [9.17, 15) is 14.0 Å². The molecule has 3 aromatic rings. The van der Waals surface area contributed by atoms with Crippen LogP contribution in [0.5, 0.6) is 5.75 Å².